The van der Waals surface area contributed by atoms with Crippen molar-refractivity contribution in [3.63, 3.8) is 0 Å². The Balaban J connectivity index is 1.67. The molecule has 0 spiro atoms. The van der Waals surface area contributed by atoms with Gasteiger partial charge in [-0.15, -0.1) is 0 Å². The van der Waals surface area contributed by atoms with Crippen LogP contribution in [-0.4, -0.2) is 21.5 Å². The number of benzene rings is 2. The largest absolute Gasteiger partial charge is 0.494 e. The summed E-state index contributed by atoms with van der Waals surface area (Å²) in [5.41, 5.74) is 7.36. The van der Waals surface area contributed by atoms with Crippen LogP contribution < -0.4 is 16.0 Å². The number of rotatable bonds is 7. The van der Waals surface area contributed by atoms with Gasteiger partial charge in [-0.2, -0.15) is 0 Å². The van der Waals surface area contributed by atoms with E-state index in [0.29, 0.717) is 36.5 Å². The highest BCUT2D eigenvalue weighted by Gasteiger charge is 2.12. The highest BCUT2D eigenvalue weighted by Crippen LogP contribution is 2.21. The van der Waals surface area contributed by atoms with Gasteiger partial charge in [0, 0.05) is 23.3 Å². The molecule has 8 heteroatoms. The van der Waals surface area contributed by atoms with Gasteiger partial charge in [0.05, 0.1) is 17.2 Å². The monoisotopic (exact) mass is 366 g/mol. The molecule has 3 rings (SSSR count). The van der Waals surface area contributed by atoms with E-state index >= 15 is 0 Å². The molecule has 0 radical (unpaired) electrons. The van der Waals surface area contributed by atoms with Crippen LogP contribution in [0, 0.1) is 10.1 Å². The van der Waals surface area contributed by atoms with Crippen molar-refractivity contribution < 1.29 is 9.66 Å². The fraction of sp³-hybridized carbons (Fsp3) is 0.158. The number of nitrogen functional groups attached to an aromatic ring is 1. The van der Waals surface area contributed by atoms with Crippen LogP contribution in [0.2, 0.25) is 0 Å². The van der Waals surface area contributed by atoms with E-state index < -0.39 is 4.92 Å². The van der Waals surface area contributed by atoms with Gasteiger partial charge in [0.15, 0.2) is 0 Å². The number of nitro groups is 1. The summed E-state index contributed by atoms with van der Waals surface area (Å²) in [4.78, 5) is 29.3. The molecule has 0 amide bonds. The molecule has 138 valence electrons. The van der Waals surface area contributed by atoms with Crippen molar-refractivity contribution in [3.8, 4) is 17.0 Å². The van der Waals surface area contributed by atoms with Crippen LogP contribution in [0.3, 0.4) is 0 Å². The Morgan fingerprint density at radius 2 is 1.81 bits per heavy atom. The van der Waals surface area contributed by atoms with Crippen LogP contribution in [0.4, 0.5) is 11.6 Å². The number of nitro benzene ring substituents is 1. The van der Waals surface area contributed by atoms with E-state index in [-0.39, 0.29) is 17.2 Å². The molecule has 3 aromatic rings. The topological polar surface area (TPSA) is 124 Å². The Bertz CT molecular complexity index is 985. The molecule has 0 aliphatic rings. The molecular weight excluding hydrogens is 348 g/mol. The van der Waals surface area contributed by atoms with Gasteiger partial charge in [0.2, 0.25) is 5.95 Å². The fourth-order valence-electron chi connectivity index (χ4n) is 2.68. The molecular formula is C19H18N4O4. The number of H-pyrrole nitrogens is 1. The maximum absolute atomic E-state index is 12.3. The van der Waals surface area contributed by atoms with Crippen LogP contribution in [0.5, 0.6) is 5.75 Å². The van der Waals surface area contributed by atoms with Crippen molar-refractivity contribution in [1.82, 2.24) is 9.97 Å². The van der Waals surface area contributed by atoms with Crippen molar-refractivity contribution in [1.29, 1.82) is 0 Å². The highest BCUT2D eigenvalue weighted by atomic mass is 16.6. The zero-order chi connectivity index (χ0) is 19.2. The van der Waals surface area contributed by atoms with Crippen molar-refractivity contribution in [3.05, 3.63) is 80.6 Å². The minimum Gasteiger partial charge on any atom is -0.494 e. The molecule has 0 atom stereocenters. The third-order valence-corrected chi connectivity index (χ3v) is 3.97. The number of aromatic amines is 1. The molecule has 8 nitrogen and oxygen atoms in total. The van der Waals surface area contributed by atoms with Crippen LogP contribution in [0.15, 0.2) is 59.4 Å². The van der Waals surface area contributed by atoms with Gasteiger partial charge in [-0.1, -0.05) is 30.3 Å². The van der Waals surface area contributed by atoms with Crippen molar-refractivity contribution >= 4 is 11.6 Å². The molecule has 27 heavy (non-hydrogen) atoms. The van der Waals surface area contributed by atoms with E-state index in [1.807, 2.05) is 30.3 Å². The molecule has 2 aromatic carbocycles. The summed E-state index contributed by atoms with van der Waals surface area (Å²) in [6, 6.07) is 15.2. The zero-order valence-corrected chi connectivity index (χ0v) is 14.4. The van der Waals surface area contributed by atoms with Crippen LogP contribution in [-0.2, 0) is 6.42 Å². The van der Waals surface area contributed by atoms with E-state index in [0.717, 1.165) is 5.56 Å². The first kappa shape index (κ1) is 18.1. The third-order valence-electron chi connectivity index (χ3n) is 3.97. The molecule has 0 aliphatic heterocycles. The quantitative estimate of drug-likeness (QED) is 0.376. The maximum atomic E-state index is 12.3. The summed E-state index contributed by atoms with van der Waals surface area (Å²) in [5, 5.41) is 10.7. The lowest BCUT2D eigenvalue weighted by molar-refractivity contribution is -0.384. The van der Waals surface area contributed by atoms with E-state index in [2.05, 4.69) is 9.97 Å². The van der Waals surface area contributed by atoms with Crippen LogP contribution >= 0.6 is 0 Å². The van der Waals surface area contributed by atoms with Crippen LogP contribution in [0.1, 0.15) is 12.0 Å². The fourth-order valence-corrected chi connectivity index (χ4v) is 2.68. The smallest absolute Gasteiger partial charge is 0.269 e. The van der Waals surface area contributed by atoms with Gasteiger partial charge in [-0.3, -0.25) is 19.9 Å². The lowest BCUT2D eigenvalue weighted by Gasteiger charge is -2.10. The van der Waals surface area contributed by atoms with Crippen molar-refractivity contribution in [2.45, 2.75) is 12.8 Å². The number of hydrogen-bond donors (Lipinski definition) is 2. The van der Waals surface area contributed by atoms with Gasteiger partial charge in [0.25, 0.3) is 11.2 Å². The number of ether oxygens (including phenoxy) is 1. The standard InChI is InChI=1S/C19H18N4O4/c20-19-21-17(13-5-2-1-3-6-13)16(18(24)22-19)7-4-12-27-15-10-8-14(9-11-15)23(25)26/h1-3,5-6,8-11H,4,7,12H2,(H3,20,21,22,24). The lowest BCUT2D eigenvalue weighted by Crippen LogP contribution is -2.19. The summed E-state index contributed by atoms with van der Waals surface area (Å²) < 4.78 is 5.59. The van der Waals surface area contributed by atoms with E-state index in [9.17, 15) is 14.9 Å². The number of nitrogens with two attached hydrogens (primary N) is 1. The van der Waals surface area contributed by atoms with E-state index in [1.165, 1.54) is 12.1 Å². The zero-order valence-electron chi connectivity index (χ0n) is 14.4. The molecule has 3 N–H and O–H groups in total. The molecule has 0 unspecified atom stereocenters. The Morgan fingerprint density at radius 3 is 2.48 bits per heavy atom. The number of anilines is 1. The SMILES string of the molecule is Nc1nc(-c2ccccc2)c(CCCOc2ccc([N+](=O)[O-])cc2)c(=O)[nH]1. The summed E-state index contributed by atoms with van der Waals surface area (Å²) in [7, 11) is 0. The van der Waals surface area contributed by atoms with Crippen molar-refractivity contribution in [2.24, 2.45) is 0 Å². The van der Waals surface area contributed by atoms with Crippen molar-refractivity contribution in [2.75, 3.05) is 12.3 Å². The first-order valence-corrected chi connectivity index (χ1v) is 8.36. The minimum absolute atomic E-state index is 0.00864. The highest BCUT2D eigenvalue weighted by molar-refractivity contribution is 5.63. The maximum Gasteiger partial charge on any atom is 0.269 e. The first-order chi connectivity index (χ1) is 13.0. The van der Waals surface area contributed by atoms with Gasteiger partial charge in [-0.25, -0.2) is 4.98 Å². The Kier molecular flexibility index (Phi) is 5.46. The first-order valence-electron chi connectivity index (χ1n) is 8.36. The second-order valence-electron chi connectivity index (χ2n) is 5.85. The predicted octanol–water partition coefficient (Wildman–Crippen LogP) is 2.94. The van der Waals surface area contributed by atoms with Gasteiger partial charge >= 0.3 is 0 Å². The van der Waals surface area contributed by atoms with Gasteiger partial charge in [0.1, 0.15) is 5.75 Å². The number of nitrogens with one attached hydrogen (secondary N) is 1. The summed E-state index contributed by atoms with van der Waals surface area (Å²) >= 11 is 0. The lowest BCUT2D eigenvalue weighted by atomic mass is 10.0. The minimum atomic E-state index is -0.463. The number of hydrogen-bond acceptors (Lipinski definition) is 6. The summed E-state index contributed by atoms with van der Waals surface area (Å²) in [6.45, 7) is 0.357. The number of non-ortho nitro benzene ring substituents is 1. The average molecular weight is 366 g/mol. The molecule has 0 bridgehead atoms. The van der Waals surface area contributed by atoms with E-state index in [1.54, 1.807) is 12.1 Å². The number of nitrogens with zero attached hydrogens (tertiary/aromatic N) is 2. The average Bonchev–Trinajstić information content (AvgIpc) is 2.67. The summed E-state index contributed by atoms with van der Waals surface area (Å²) in [5.74, 6) is 0.609. The molecule has 0 saturated carbocycles. The Hall–Kier alpha value is -3.68. The summed E-state index contributed by atoms with van der Waals surface area (Å²) in [6.07, 6.45) is 1.03. The Morgan fingerprint density at radius 1 is 1.11 bits per heavy atom. The third kappa shape index (κ3) is 4.49. The van der Waals surface area contributed by atoms with Gasteiger partial charge in [-0.05, 0) is 25.0 Å². The van der Waals surface area contributed by atoms with E-state index in [4.69, 9.17) is 10.5 Å². The second-order valence-corrected chi connectivity index (χ2v) is 5.85. The second kappa shape index (κ2) is 8.13. The molecule has 1 aromatic heterocycles. The number of aromatic nitrogens is 2. The molecule has 0 aliphatic carbocycles. The predicted molar refractivity (Wildman–Crippen MR) is 102 cm³/mol. The van der Waals surface area contributed by atoms with Crippen LogP contribution in [0.25, 0.3) is 11.3 Å². The van der Waals surface area contributed by atoms with Gasteiger partial charge < -0.3 is 10.5 Å². The molecule has 0 fully saturated rings. The molecule has 1 heterocycles. The molecule has 0 saturated heterocycles. The normalized spacial score (nSPS) is 10.5. The Labute approximate surface area is 154 Å².